The van der Waals surface area contributed by atoms with E-state index in [1.807, 2.05) is 234 Å². The number of benzene rings is 8. The molecule has 0 aliphatic carbocycles. The van der Waals surface area contributed by atoms with Crippen molar-refractivity contribution in [3.8, 4) is 0 Å². The predicted octanol–water partition coefficient (Wildman–Crippen LogP) is 17.8. The summed E-state index contributed by atoms with van der Waals surface area (Å²) in [6, 6.07) is 63.4. The van der Waals surface area contributed by atoms with Gasteiger partial charge in [-0.3, -0.25) is 9.59 Å². The Kier molecular flexibility index (Phi) is 19.9. The van der Waals surface area contributed by atoms with Crippen LogP contribution in [0.4, 0.5) is 22.7 Å². The van der Waals surface area contributed by atoms with Gasteiger partial charge in [0, 0.05) is 11.1 Å². The molecule has 0 atom stereocenters. The van der Waals surface area contributed by atoms with Crippen LogP contribution in [0.5, 0.6) is 0 Å². The summed E-state index contributed by atoms with van der Waals surface area (Å²) in [6.45, 7) is 16.3. The quantitative estimate of drug-likeness (QED) is 0.0778. The largest absolute Gasteiger partial charge is 0.289 e. The SMILES string of the molecule is Cc1ccc(/C=C/C(=O)c2ccc(C)cc2)cc1.Cc1ccc(/C=C/C(=O)c2ccc(C)cc2)cc1.Cc1ccc(N=Nc2ccc(C)cc2)cc1.Cc1ccc(N=Nc2ccc(C)cc2)cc1. The Morgan fingerprint density at radius 1 is 0.265 bits per heavy atom. The van der Waals surface area contributed by atoms with Gasteiger partial charge in [0.05, 0.1) is 22.7 Å². The number of ketones is 2. The highest BCUT2D eigenvalue weighted by atomic mass is 16.1. The molecule has 0 N–H and O–H groups in total. The minimum Gasteiger partial charge on any atom is -0.289 e. The van der Waals surface area contributed by atoms with E-state index in [0.29, 0.717) is 0 Å². The number of azo groups is 2. The maximum Gasteiger partial charge on any atom is 0.185 e. The molecule has 0 bridgehead atoms. The maximum absolute atomic E-state index is 11.9. The van der Waals surface area contributed by atoms with E-state index in [-0.39, 0.29) is 11.6 Å². The molecule has 0 aromatic heterocycles. The number of carbonyl (C=O) groups excluding carboxylic acids is 2. The minimum absolute atomic E-state index is 0.0376. The highest BCUT2D eigenvalue weighted by Crippen LogP contribution is 2.20. The van der Waals surface area contributed by atoms with E-state index in [2.05, 4.69) is 48.2 Å². The fraction of sp³-hybridized carbons (Fsp3) is 0.129. The third-order valence-corrected chi connectivity index (χ3v) is 10.4. The van der Waals surface area contributed by atoms with E-state index in [9.17, 15) is 9.59 Å². The van der Waals surface area contributed by atoms with Crippen LogP contribution in [0, 0.1) is 55.4 Å². The highest BCUT2D eigenvalue weighted by molar-refractivity contribution is 6.07. The Morgan fingerprint density at radius 3 is 0.647 bits per heavy atom. The number of hydrogen-bond donors (Lipinski definition) is 0. The predicted molar refractivity (Wildman–Crippen MR) is 285 cm³/mol. The summed E-state index contributed by atoms with van der Waals surface area (Å²) in [7, 11) is 0. The van der Waals surface area contributed by atoms with Gasteiger partial charge in [0.15, 0.2) is 11.6 Å². The van der Waals surface area contributed by atoms with Crippen molar-refractivity contribution in [2.24, 2.45) is 20.5 Å². The molecule has 0 heterocycles. The summed E-state index contributed by atoms with van der Waals surface area (Å²) < 4.78 is 0. The molecule has 6 heteroatoms. The lowest BCUT2D eigenvalue weighted by Gasteiger charge is -1.97. The maximum atomic E-state index is 11.9. The summed E-state index contributed by atoms with van der Waals surface area (Å²) >= 11 is 0. The normalized spacial score (nSPS) is 10.8. The molecule has 340 valence electrons. The molecule has 0 unspecified atom stereocenters. The van der Waals surface area contributed by atoms with Gasteiger partial charge in [-0.25, -0.2) is 0 Å². The molecule has 6 nitrogen and oxygen atoms in total. The average Bonchev–Trinajstić information content (AvgIpc) is 3.35. The molecule has 0 amide bonds. The highest BCUT2D eigenvalue weighted by Gasteiger charge is 2.02. The number of rotatable bonds is 10. The van der Waals surface area contributed by atoms with Crippen molar-refractivity contribution >= 4 is 46.5 Å². The van der Waals surface area contributed by atoms with Crippen molar-refractivity contribution in [3.05, 3.63) is 273 Å². The Hall–Kier alpha value is -8.22. The third-order valence-electron chi connectivity index (χ3n) is 10.4. The molecule has 8 aromatic rings. The van der Waals surface area contributed by atoms with E-state index in [0.717, 1.165) is 56.1 Å². The first kappa shape index (κ1) is 50.8. The van der Waals surface area contributed by atoms with Crippen molar-refractivity contribution < 1.29 is 9.59 Å². The molecule has 0 spiro atoms. The lowest BCUT2D eigenvalue weighted by Crippen LogP contribution is -1.93. The molecule has 0 radical (unpaired) electrons. The van der Waals surface area contributed by atoms with Crippen LogP contribution in [0.2, 0.25) is 0 Å². The van der Waals surface area contributed by atoms with E-state index < -0.39 is 0 Å². The minimum atomic E-state index is 0.0376. The number of nitrogens with zero attached hydrogens (tertiary/aromatic N) is 4. The summed E-state index contributed by atoms with van der Waals surface area (Å²) in [4.78, 5) is 23.8. The van der Waals surface area contributed by atoms with Gasteiger partial charge in [0.2, 0.25) is 0 Å². The third kappa shape index (κ3) is 18.7. The lowest BCUT2D eigenvalue weighted by atomic mass is 10.1. The van der Waals surface area contributed by atoms with Gasteiger partial charge >= 0.3 is 0 Å². The molecule has 68 heavy (non-hydrogen) atoms. The molecule has 0 aliphatic heterocycles. The zero-order valence-corrected chi connectivity index (χ0v) is 40.4. The first-order chi connectivity index (χ1) is 32.8. The Morgan fingerprint density at radius 2 is 0.441 bits per heavy atom. The molecule has 0 saturated carbocycles. The monoisotopic (exact) mass is 892 g/mol. The summed E-state index contributed by atoms with van der Waals surface area (Å²) in [5.74, 6) is 0.0751. The van der Waals surface area contributed by atoms with Crippen LogP contribution in [0.25, 0.3) is 12.2 Å². The summed E-state index contributed by atoms with van der Waals surface area (Å²) in [6.07, 6.45) is 6.94. The summed E-state index contributed by atoms with van der Waals surface area (Å²) in [5.41, 5.74) is 16.7. The van der Waals surface area contributed by atoms with Gasteiger partial charge in [0.1, 0.15) is 0 Å². The second kappa shape index (κ2) is 26.7. The van der Waals surface area contributed by atoms with Crippen LogP contribution >= 0.6 is 0 Å². The number of aryl methyl sites for hydroxylation is 8. The smallest absolute Gasteiger partial charge is 0.185 e. The molecule has 8 aromatic carbocycles. The van der Waals surface area contributed by atoms with E-state index in [1.165, 1.54) is 33.4 Å². The number of allylic oxidation sites excluding steroid dienone is 2. The van der Waals surface area contributed by atoms with Crippen molar-refractivity contribution in [3.63, 3.8) is 0 Å². The van der Waals surface area contributed by atoms with E-state index in [4.69, 9.17) is 0 Å². The van der Waals surface area contributed by atoms with Crippen molar-refractivity contribution in [2.45, 2.75) is 55.4 Å². The van der Waals surface area contributed by atoms with E-state index >= 15 is 0 Å². The average molecular weight is 893 g/mol. The van der Waals surface area contributed by atoms with E-state index in [1.54, 1.807) is 12.2 Å². The van der Waals surface area contributed by atoms with Crippen molar-refractivity contribution in [2.75, 3.05) is 0 Å². The topological polar surface area (TPSA) is 83.6 Å². The molecule has 0 aliphatic rings. The second-order valence-corrected chi connectivity index (χ2v) is 16.7. The van der Waals surface area contributed by atoms with Crippen molar-refractivity contribution in [1.29, 1.82) is 0 Å². The lowest BCUT2D eigenvalue weighted by molar-refractivity contribution is 0.103. The van der Waals surface area contributed by atoms with Gasteiger partial charge in [-0.15, -0.1) is 0 Å². The fourth-order valence-electron chi connectivity index (χ4n) is 6.00. The van der Waals surface area contributed by atoms with Crippen LogP contribution in [0.1, 0.15) is 76.4 Å². The zero-order chi connectivity index (χ0) is 48.7. The standard InChI is InChI=1S/2C17H16O.2C14H14N2/c2*1-13-3-7-15(8-4-13)9-12-17(18)16-10-5-14(2)6-11-16;2*1-11-3-7-13(8-4-11)15-16-14-9-5-12(2)6-10-14/h2*3-12H,1-2H3;2*3-10H,1-2H3/b2*12-9+;;. The molecule has 0 fully saturated rings. The molecule has 0 saturated heterocycles. The van der Waals surface area contributed by atoms with Gasteiger partial charge in [0.25, 0.3) is 0 Å². The van der Waals surface area contributed by atoms with Crippen molar-refractivity contribution in [1.82, 2.24) is 0 Å². The molecule has 8 rings (SSSR count). The van der Waals surface area contributed by atoms with Crippen LogP contribution in [-0.4, -0.2) is 11.6 Å². The second-order valence-electron chi connectivity index (χ2n) is 16.7. The van der Waals surface area contributed by atoms with Gasteiger partial charge in [-0.1, -0.05) is 202 Å². The van der Waals surface area contributed by atoms with Crippen LogP contribution in [0.3, 0.4) is 0 Å². The van der Waals surface area contributed by atoms with Crippen LogP contribution < -0.4 is 0 Å². The Labute approximate surface area is 403 Å². The fourth-order valence-corrected chi connectivity index (χ4v) is 6.00. The summed E-state index contributed by atoms with van der Waals surface area (Å²) in [5, 5.41) is 16.7. The molecular weight excluding hydrogens is 833 g/mol. The first-order valence-corrected chi connectivity index (χ1v) is 22.6. The van der Waals surface area contributed by atoms with Gasteiger partial charge in [-0.2, -0.15) is 20.5 Å². The van der Waals surface area contributed by atoms with Crippen LogP contribution in [0.15, 0.2) is 227 Å². The zero-order valence-electron chi connectivity index (χ0n) is 40.4. The molecular formula is C62H60N4O2. The van der Waals surface area contributed by atoms with Gasteiger partial charge in [-0.05, 0) is 127 Å². The Bertz CT molecular complexity index is 2610. The van der Waals surface area contributed by atoms with Crippen LogP contribution in [-0.2, 0) is 0 Å². The van der Waals surface area contributed by atoms with Gasteiger partial charge < -0.3 is 0 Å². The first-order valence-electron chi connectivity index (χ1n) is 22.6. The Balaban J connectivity index is 0.000000170. The number of hydrogen-bond acceptors (Lipinski definition) is 6. The number of carbonyl (C=O) groups is 2.